The van der Waals surface area contributed by atoms with Gasteiger partial charge < -0.3 is 10.1 Å². The first-order valence-corrected chi connectivity index (χ1v) is 12.0. The molecule has 5 rings (SSSR count). The van der Waals surface area contributed by atoms with Gasteiger partial charge in [-0.15, -0.1) is 10.2 Å². The highest BCUT2D eigenvalue weighted by molar-refractivity contribution is 6.02. The van der Waals surface area contributed by atoms with Crippen molar-refractivity contribution < 1.29 is 9.13 Å². The first-order valence-electron chi connectivity index (χ1n) is 12.0. The predicted octanol–water partition coefficient (Wildman–Crippen LogP) is 2.49. The summed E-state index contributed by atoms with van der Waals surface area (Å²) in [5, 5.41) is 12.4. The number of benzene rings is 1. The van der Waals surface area contributed by atoms with Crippen LogP contribution >= 0.6 is 0 Å². The maximum Gasteiger partial charge on any atom is 0.330 e. The van der Waals surface area contributed by atoms with Crippen LogP contribution in [0.1, 0.15) is 25.6 Å². The van der Waals surface area contributed by atoms with E-state index in [0.717, 1.165) is 38.4 Å². The summed E-state index contributed by atoms with van der Waals surface area (Å²) in [6, 6.07) is 6.72. The average molecular weight is 480 g/mol. The number of ether oxygens (including phenoxy) is 1. The predicted molar refractivity (Wildman–Crippen MR) is 133 cm³/mol. The third-order valence-electron chi connectivity index (χ3n) is 6.52. The van der Waals surface area contributed by atoms with Gasteiger partial charge in [0.05, 0.1) is 24.4 Å². The van der Waals surface area contributed by atoms with E-state index in [0.29, 0.717) is 46.4 Å². The van der Waals surface area contributed by atoms with Crippen LogP contribution in [0.15, 0.2) is 35.3 Å². The second kappa shape index (κ2) is 9.80. The largest absolute Gasteiger partial charge is 0.374 e. The second-order valence-electron chi connectivity index (χ2n) is 9.21. The van der Waals surface area contributed by atoms with E-state index in [-0.39, 0.29) is 11.7 Å². The standard InChI is InChI=1S/C25H30FN7O2/c1-16(2)33-23-20-12-19(21(26)13-22(20)29-30-24(23)31(3)25(33)34)17-4-5-18(28-14-17)15-35-11-10-32-8-6-27-7-9-32/h4-5,12-14,16,27H,6-11,15H2,1-3H3. The highest BCUT2D eigenvalue weighted by atomic mass is 19.1. The van der Waals surface area contributed by atoms with Gasteiger partial charge in [0, 0.05) is 74.6 Å². The molecule has 1 fully saturated rings. The Morgan fingerprint density at radius 1 is 1.17 bits per heavy atom. The van der Waals surface area contributed by atoms with Gasteiger partial charge >= 0.3 is 5.69 Å². The van der Waals surface area contributed by atoms with Gasteiger partial charge in [-0.25, -0.2) is 9.18 Å². The number of fused-ring (bicyclic) bond motifs is 3. The van der Waals surface area contributed by atoms with Crippen molar-refractivity contribution in [2.24, 2.45) is 7.05 Å². The van der Waals surface area contributed by atoms with E-state index in [1.54, 1.807) is 23.9 Å². The Balaban J connectivity index is 1.40. The lowest BCUT2D eigenvalue weighted by atomic mass is 10.0. The average Bonchev–Trinajstić information content (AvgIpc) is 3.13. The molecule has 9 nitrogen and oxygen atoms in total. The number of rotatable bonds is 7. The highest BCUT2D eigenvalue weighted by Gasteiger charge is 2.20. The molecule has 0 aliphatic carbocycles. The molecule has 1 aliphatic heterocycles. The molecule has 1 aromatic carbocycles. The minimum absolute atomic E-state index is 0.0837. The Morgan fingerprint density at radius 2 is 1.97 bits per heavy atom. The smallest absolute Gasteiger partial charge is 0.330 e. The molecule has 4 heterocycles. The lowest BCUT2D eigenvalue weighted by molar-refractivity contribution is 0.0868. The SMILES string of the molecule is CC(C)n1c(=O)n(C)c2nnc3cc(F)c(-c4ccc(COCCN5CCNCC5)nc4)cc3c21. The fourth-order valence-electron chi connectivity index (χ4n) is 4.59. The molecule has 35 heavy (non-hydrogen) atoms. The van der Waals surface area contributed by atoms with Crippen molar-refractivity contribution in [1.82, 2.24) is 34.5 Å². The molecule has 0 bridgehead atoms. The topological polar surface area (TPSA) is 90.1 Å². The summed E-state index contributed by atoms with van der Waals surface area (Å²) in [7, 11) is 1.67. The van der Waals surface area contributed by atoms with Crippen LogP contribution in [0.2, 0.25) is 0 Å². The number of aromatic nitrogens is 5. The molecule has 1 aliphatic rings. The van der Waals surface area contributed by atoms with Crippen molar-refractivity contribution in [2.45, 2.75) is 26.5 Å². The monoisotopic (exact) mass is 479 g/mol. The first-order chi connectivity index (χ1) is 16.9. The van der Waals surface area contributed by atoms with Crippen LogP contribution in [0.3, 0.4) is 0 Å². The summed E-state index contributed by atoms with van der Waals surface area (Å²) in [5.41, 5.74) is 3.19. The maximum atomic E-state index is 15.1. The fraction of sp³-hybridized carbons (Fsp3) is 0.440. The number of imidazole rings is 1. The van der Waals surface area contributed by atoms with Gasteiger partial charge in [0.25, 0.3) is 0 Å². The van der Waals surface area contributed by atoms with Crippen LogP contribution in [0.5, 0.6) is 0 Å². The van der Waals surface area contributed by atoms with Gasteiger partial charge in [0.15, 0.2) is 5.65 Å². The van der Waals surface area contributed by atoms with E-state index in [2.05, 4.69) is 25.4 Å². The molecular weight excluding hydrogens is 449 g/mol. The second-order valence-corrected chi connectivity index (χ2v) is 9.21. The lowest BCUT2D eigenvalue weighted by Gasteiger charge is -2.26. The van der Waals surface area contributed by atoms with Crippen molar-refractivity contribution >= 4 is 22.1 Å². The third-order valence-corrected chi connectivity index (χ3v) is 6.52. The Kier molecular flexibility index (Phi) is 6.59. The van der Waals surface area contributed by atoms with Gasteiger partial charge in [-0.2, -0.15) is 0 Å². The summed E-state index contributed by atoms with van der Waals surface area (Å²) < 4.78 is 24.0. The van der Waals surface area contributed by atoms with Crippen molar-refractivity contribution in [3.05, 3.63) is 52.5 Å². The molecular formula is C25H30FN7O2. The van der Waals surface area contributed by atoms with Crippen LogP contribution in [0.4, 0.5) is 4.39 Å². The van der Waals surface area contributed by atoms with E-state index in [1.807, 2.05) is 26.0 Å². The zero-order chi connectivity index (χ0) is 24.5. The minimum Gasteiger partial charge on any atom is -0.374 e. The summed E-state index contributed by atoms with van der Waals surface area (Å²) in [5.74, 6) is -0.414. The van der Waals surface area contributed by atoms with Crippen molar-refractivity contribution in [3.8, 4) is 11.1 Å². The normalized spacial score (nSPS) is 15.0. The molecule has 0 radical (unpaired) electrons. The quantitative estimate of drug-likeness (QED) is 0.407. The van der Waals surface area contributed by atoms with Crippen LogP contribution in [-0.2, 0) is 18.4 Å². The van der Waals surface area contributed by atoms with Gasteiger partial charge in [0.2, 0.25) is 0 Å². The Labute approximate surface area is 202 Å². The molecule has 184 valence electrons. The van der Waals surface area contributed by atoms with Gasteiger partial charge in [-0.3, -0.25) is 19.0 Å². The number of nitrogens with one attached hydrogen (secondary N) is 1. The number of hydrogen-bond donors (Lipinski definition) is 1. The Hall–Kier alpha value is -3.21. The van der Waals surface area contributed by atoms with Crippen LogP contribution in [0, 0.1) is 5.82 Å². The fourth-order valence-corrected chi connectivity index (χ4v) is 4.59. The number of nitrogens with zero attached hydrogens (tertiary/aromatic N) is 6. The minimum atomic E-state index is -0.414. The molecule has 0 atom stereocenters. The molecule has 0 spiro atoms. The molecule has 1 N–H and O–H groups in total. The zero-order valence-electron chi connectivity index (χ0n) is 20.3. The summed E-state index contributed by atoms with van der Waals surface area (Å²) >= 11 is 0. The van der Waals surface area contributed by atoms with E-state index >= 15 is 4.39 Å². The van der Waals surface area contributed by atoms with E-state index in [1.165, 1.54) is 10.6 Å². The summed E-state index contributed by atoms with van der Waals surface area (Å²) in [4.78, 5) is 19.6. The third kappa shape index (κ3) is 4.56. The molecule has 3 aromatic heterocycles. The van der Waals surface area contributed by atoms with E-state index in [9.17, 15) is 4.79 Å². The first kappa shape index (κ1) is 23.5. The van der Waals surface area contributed by atoms with Crippen molar-refractivity contribution in [3.63, 3.8) is 0 Å². The highest BCUT2D eigenvalue weighted by Crippen LogP contribution is 2.30. The number of pyridine rings is 1. The number of hydrogen-bond acceptors (Lipinski definition) is 7. The number of halogens is 1. The van der Waals surface area contributed by atoms with E-state index in [4.69, 9.17) is 4.74 Å². The molecule has 0 amide bonds. The molecule has 0 saturated carbocycles. The van der Waals surface area contributed by atoms with Crippen LogP contribution < -0.4 is 11.0 Å². The molecule has 10 heteroatoms. The summed E-state index contributed by atoms with van der Waals surface area (Å²) in [6.07, 6.45) is 1.66. The van der Waals surface area contributed by atoms with Gasteiger partial charge in [-0.1, -0.05) is 6.07 Å². The van der Waals surface area contributed by atoms with Gasteiger partial charge in [0.1, 0.15) is 11.3 Å². The summed E-state index contributed by atoms with van der Waals surface area (Å²) in [6.45, 7) is 9.96. The number of aryl methyl sites for hydroxylation is 1. The van der Waals surface area contributed by atoms with Crippen molar-refractivity contribution in [2.75, 3.05) is 39.3 Å². The van der Waals surface area contributed by atoms with E-state index < -0.39 is 5.82 Å². The molecule has 4 aromatic rings. The van der Waals surface area contributed by atoms with Crippen molar-refractivity contribution in [1.29, 1.82) is 0 Å². The zero-order valence-corrected chi connectivity index (χ0v) is 20.3. The van der Waals surface area contributed by atoms with Crippen LogP contribution in [0.25, 0.3) is 33.2 Å². The molecule has 1 saturated heterocycles. The Morgan fingerprint density at radius 3 is 2.69 bits per heavy atom. The lowest BCUT2D eigenvalue weighted by Crippen LogP contribution is -2.44. The van der Waals surface area contributed by atoms with Crippen LogP contribution in [-0.4, -0.2) is 68.5 Å². The molecule has 0 unspecified atom stereocenters. The Bertz CT molecular complexity index is 1410. The maximum absolute atomic E-state index is 15.1. The number of piperazine rings is 1. The van der Waals surface area contributed by atoms with Gasteiger partial charge in [-0.05, 0) is 26.0 Å².